The highest BCUT2D eigenvalue weighted by molar-refractivity contribution is 5.96. The van der Waals surface area contributed by atoms with Gasteiger partial charge in [0.25, 0.3) is 0 Å². The number of likely N-dealkylation sites (N-methyl/N-ethyl adjacent to an activating group) is 2. The molecule has 3 aliphatic rings. The van der Waals surface area contributed by atoms with Crippen LogP contribution in [0.25, 0.3) is 27.9 Å². The van der Waals surface area contributed by atoms with E-state index >= 15 is 0 Å². The molecule has 1 amide bonds. The summed E-state index contributed by atoms with van der Waals surface area (Å²) in [5.74, 6) is 1.62. The average molecular weight is 663 g/mol. The lowest BCUT2D eigenvalue weighted by atomic mass is 9.81. The summed E-state index contributed by atoms with van der Waals surface area (Å²) in [7, 11) is 5.71. The highest BCUT2D eigenvalue weighted by Crippen LogP contribution is 2.47. The molecule has 0 bridgehead atoms. The molecule has 1 aromatic heterocycles. The van der Waals surface area contributed by atoms with Gasteiger partial charge in [0.05, 0.1) is 32.0 Å². The Morgan fingerprint density at radius 3 is 2.47 bits per heavy atom. The Labute approximate surface area is 290 Å². The van der Waals surface area contributed by atoms with Crippen LogP contribution >= 0.6 is 0 Å². The molecule has 1 saturated carbocycles. The summed E-state index contributed by atoms with van der Waals surface area (Å²) in [5.41, 5.74) is 10.4. The molecule has 8 nitrogen and oxygen atoms in total. The van der Waals surface area contributed by atoms with Crippen molar-refractivity contribution in [2.75, 3.05) is 70.4 Å². The topological polar surface area (TPSA) is 70.4 Å². The number of fused-ring (bicyclic) bond motifs is 5. The van der Waals surface area contributed by atoms with Gasteiger partial charge in [0.1, 0.15) is 18.1 Å². The maximum absolute atomic E-state index is 12.9. The Morgan fingerprint density at radius 2 is 1.71 bits per heavy atom. The van der Waals surface area contributed by atoms with E-state index in [-0.39, 0.29) is 11.7 Å². The molecule has 0 spiro atoms. The number of aliphatic hydroxyl groups is 1. The molecule has 0 unspecified atom stereocenters. The van der Waals surface area contributed by atoms with Gasteiger partial charge in [0.2, 0.25) is 5.91 Å². The molecule has 4 aromatic rings. The normalized spacial score (nSPS) is 16.6. The number of benzene rings is 3. The number of ether oxygens (including phenoxy) is 2. The van der Waals surface area contributed by atoms with Crippen LogP contribution in [0.2, 0.25) is 0 Å². The van der Waals surface area contributed by atoms with E-state index in [0.29, 0.717) is 19.1 Å². The van der Waals surface area contributed by atoms with Gasteiger partial charge in [-0.3, -0.25) is 4.79 Å². The Bertz CT molecular complexity index is 1850. The SMILES string of the molecule is C=C(O)c1ccc2c(C3CCCCC3)c3n(c2c1)CCOc1cc(CCc2cc(N(C)C(=O)CN(C)C)ccc2N2CCOCC2)ccc1-3. The molecule has 2 aliphatic heterocycles. The van der Waals surface area contributed by atoms with Crippen molar-refractivity contribution in [1.29, 1.82) is 0 Å². The van der Waals surface area contributed by atoms with Gasteiger partial charge in [-0.05, 0) is 98.8 Å². The monoisotopic (exact) mass is 662 g/mol. The number of rotatable bonds is 9. The number of aromatic nitrogens is 1. The van der Waals surface area contributed by atoms with E-state index in [1.165, 1.54) is 65.6 Å². The second kappa shape index (κ2) is 14.3. The number of morpholine rings is 1. The Kier molecular flexibility index (Phi) is 9.70. The minimum Gasteiger partial charge on any atom is -0.508 e. The predicted molar refractivity (Wildman–Crippen MR) is 199 cm³/mol. The Hall–Kier alpha value is -4.27. The third kappa shape index (κ3) is 6.81. The largest absolute Gasteiger partial charge is 0.508 e. The Morgan fingerprint density at radius 1 is 0.918 bits per heavy atom. The molecule has 3 heterocycles. The van der Waals surface area contributed by atoms with Crippen molar-refractivity contribution >= 4 is 33.9 Å². The number of aliphatic hydroxyl groups excluding tert-OH is 1. The van der Waals surface area contributed by atoms with Crippen LogP contribution in [0.4, 0.5) is 11.4 Å². The third-order valence-corrected chi connectivity index (χ3v) is 10.6. The summed E-state index contributed by atoms with van der Waals surface area (Å²) in [6, 6.07) is 19.5. The first-order valence-electron chi connectivity index (χ1n) is 18.0. The minimum absolute atomic E-state index is 0.0699. The molecule has 1 saturated heterocycles. The second-order valence-electron chi connectivity index (χ2n) is 14.2. The van der Waals surface area contributed by atoms with Crippen LogP contribution in [-0.4, -0.2) is 81.1 Å². The van der Waals surface area contributed by atoms with Crippen molar-refractivity contribution in [2.24, 2.45) is 0 Å². The molecule has 3 aromatic carbocycles. The standard InChI is InChI=1S/C41H50N4O4/c1-28(46)31-13-16-34-37(26-31)45-20-23-49-38-24-29(11-15-35(38)41(45)40(34)30-8-6-5-7-9-30)10-12-32-25-33(43(4)39(47)27-42(2)3)14-17-36(32)44-18-21-48-22-19-44/h11,13-17,24-26,30,46H,1,5-10,12,18-23,27H2,2-4H3. The first-order chi connectivity index (χ1) is 23.8. The number of hydrogen-bond donors (Lipinski definition) is 1. The van der Waals surface area contributed by atoms with Gasteiger partial charge in [-0.2, -0.15) is 0 Å². The number of nitrogens with zero attached hydrogens (tertiary/aromatic N) is 4. The third-order valence-electron chi connectivity index (χ3n) is 10.6. The fourth-order valence-corrected chi connectivity index (χ4v) is 8.06. The summed E-state index contributed by atoms with van der Waals surface area (Å²) in [5, 5.41) is 11.5. The molecule has 1 N–H and O–H groups in total. The van der Waals surface area contributed by atoms with Crippen molar-refractivity contribution in [3.63, 3.8) is 0 Å². The maximum atomic E-state index is 12.9. The van der Waals surface area contributed by atoms with Crippen molar-refractivity contribution < 1.29 is 19.4 Å². The smallest absolute Gasteiger partial charge is 0.240 e. The van der Waals surface area contributed by atoms with Crippen LogP contribution in [0, 0.1) is 0 Å². The van der Waals surface area contributed by atoms with E-state index < -0.39 is 0 Å². The van der Waals surface area contributed by atoms with Crippen LogP contribution in [-0.2, 0) is 28.9 Å². The zero-order valence-electron chi connectivity index (χ0n) is 29.3. The molecular formula is C41H50N4O4. The average Bonchev–Trinajstić information content (AvgIpc) is 3.31. The molecule has 1 aliphatic carbocycles. The lowest BCUT2D eigenvalue weighted by Crippen LogP contribution is -2.37. The fourth-order valence-electron chi connectivity index (χ4n) is 8.06. The molecule has 2 fully saturated rings. The second-order valence-corrected chi connectivity index (χ2v) is 14.2. The number of aryl methyl sites for hydroxylation is 2. The minimum atomic E-state index is 0.0699. The van der Waals surface area contributed by atoms with E-state index in [1.807, 2.05) is 32.1 Å². The quantitative estimate of drug-likeness (QED) is 0.188. The van der Waals surface area contributed by atoms with Crippen molar-refractivity contribution in [2.45, 2.75) is 57.4 Å². The van der Waals surface area contributed by atoms with Gasteiger partial charge in [-0.15, -0.1) is 0 Å². The number of hydrogen-bond acceptors (Lipinski definition) is 6. The molecule has 258 valence electrons. The lowest BCUT2D eigenvalue weighted by molar-refractivity contribution is -0.118. The van der Waals surface area contributed by atoms with E-state index in [1.54, 1.807) is 4.90 Å². The summed E-state index contributed by atoms with van der Waals surface area (Å²) in [6.07, 6.45) is 7.94. The van der Waals surface area contributed by atoms with Crippen molar-refractivity contribution in [3.05, 3.63) is 83.4 Å². The molecule has 49 heavy (non-hydrogen) atoms. The molecule has 7 rings (SSSR count). The number of carbonyl (C=O) groups excluding carboxylic acids is 1. The van der Waals surface area contributed by atoms with Crippen LogP contribution in [0.15, 0.2) is 61.2 Å². The van der Waals surface area contributed by atoms with E-state index in [0.717, 1.165) is 73.8 Å². The summed E-state index contributed by atoms with van der Waals surface area (Å²) in [4.78, 5) is 19.0. The predicted octanol–water partition coefficient (Wildman–Crippen LogP) is 7.42. The van der Waals surface area contributed by atoms with Gasteiger partial charge < -0.3 is 33.8 Å². The van der Waals surface area contributed by atoms with Crippen LogP contribution in [0.3, 0.4) is 0 Å². The number of anilines is 2. The van der Waals surface area contributed by atoms with Crippen LogP contribution in [0.5, 0.6) is 5.75 Å². The van der Waals surface area contributed by atoms with E-state index in [4.69, 9.17) is 9.47 Å². The zero-order chi connectivity index (χ0) is 34.1. The van der Waals surface area contributed by atoms with Crippen LogP contribution in [0.1, 0.15) is 60.3 Å². The van der Waals surface area contributed by atoms with Gasteiger partial charge in [-0.1, -0.05) is 44.0 Å². The lowest BCUT2D eigenvalue weighted by Gasteiger charge is -2.31. The molecular weight excluding hydrogens is 612 g/mol. The van der Waals surface area contributed by atoms with Gasteiger partial charge in [0.15, 0.2) is 0 Å². The van der Waals surface area contributed by atoms with Gasteiger partial charge in [-0.25, -0.2) is 0 Å². The first kappa shape index (κ1) is 33.2. The Balaban J connectivity index is 1.22. The number of amides is 1. The number of carbonyl (C=O) groups is 1. The van der Waals surface area contributed by atoms with E-state index in [2.05, 4.69) is 64.6 Å². The van der Waals surface area contributed by atoms with Crippen LogP contribution < -0.4 is 14.5 Å². The molecule has 0 atom stereocenters. The summed E-state index contributed by atoms with van der Waals surface area (Å²) >= 11 is 0. The summed E-state index contributed by atoms with van der Waals surface area (Å²) in [6.45, 7) is 8.67. The van der Waals surface area contributed by atoms with Gasteiger partial charge in [0, 0.05) is 53.5 Å². The van der Waals surface area contributed by atoms with Crippen molar-refractivity contribution in [1.82, 2.24) is 9.47 Å². The fraction of sp³-hybridized carbons (Fsp3) is 0.439. The maximum Gasteiger partial charge on any atom is 0.240 e. The first-order valence-corrected chi connectivity index (χ1v) is 18.0. The van der Waals surface area contributed by atoms with Crippen molar-refractivity contribution in [3.8, 4) is 17.0 Å². The summed E-state index contributed by atoms with van der Waals surface area (Å²) < 4.78 is 14.6. The van der Waals surface area contributed by atoms with Gasteiger partial charge >= 0.3 is 0 Å². The molecule has 8 heteroatoms. The molecule has 0 radical (unpaired) electrons. The highest BCUT2D eigenvalue weighted by Gasteiger charge is 2.30. The zero-order valence-corrected chi connectivity index (χ0v) is 29.3. The highest BCUT2D eigenvalue weighted by atomic mass is 16.5. The van der Waals surface area contributed by atoms with E-state index in [9.17, 15) is 9.90 Å².